The van der Waals surface area contributed by atoms with Gasteiger partial charge in [0.15, 0.2) is 0 Å². The Balaban J connectivity index is 3.46. The third kappa shape index (κ3) is 3.53. The molecule has 0 spiro atoms. The summed E-state index contributed by atoms with van der Waals surface area (Å²) >= 11 is 3.75. The van der Waals surface area contributed by atoms with E-state index in [0.717, 1.165) is 11.0 Å². The molecule has 0 aliphatic heterocycles. The summed E-state index contributed by atoms with van der Waals surface area (Å²) < 4.78 is 2.46. The molecule has 0 rings (SSSR count). The van der Waals surface area contributed by atoms with E-state index in [1.54, 1.807) is 11.9 Å². The van der Waals surface area contributed by atoms with Crippen LogP contribution in [-0.4, -0.2) is 24.5 Å². The maximum absolute atomic E-state index is 10.7. The van der Waals surface area contributed by atoms with Gasteiger partial charge < -0.3 is 4.90 Å². The van der Waals surface area contributed by atoms with Crippen molar-refractivity contribution in [3.05, 3.63) is 0 Å². The Morgan fingerprint density at radius 1 is 1.89 bits per heavy atom. The van der Waals surface area contributed by atoms with Gasteiger partial charge in [-0.15, -0.1) is 0 Å². The molecule has 0 atom stereocenters. The van der Waals surface area contributed by atoms with Crippen molar-refractivity contribution in [2.45, 2.75) is 6.92 Å². The van der Waals surface area contributed by atoms with Crippen LogP contribution in [0.15, 0.2) is 0 Å². The Morgan fingerprint density at radius 2 is 2.44 bits per heavy atom. The number of carbonyl (C=O) groups excluding carboxylic acids is 1. The number of hydrogen-bond acceptors (Lipinski definition) is 3. The van der Waals surface area contributed by atoms with E-state index < -0.39 is 0 Å². The normalized spacial score (nSPS) is 8.78. The molecule has 0 heterocycles. The van der Waals surface area contributed by atoms with Crippen LogP contribution in [0, 0.1) is 0 Å². The number of hydrogen-bond donors (Lipinski definition) is 2. The molecule has 9 heavy (non-hydrogen) atoms. The van der Waals surface area contributed by atoms with Gasteiger partial charge in [-0.3, -0.25) is 4.72 Å². The fraction of sp³-hybridized carbons (Fsp3) is 0.750. The molecule has 0 aromatic heterocycles. The van der Waals surface area contributed by atoms with E-state index in [9.17, 15) is 4.79 Å². The molecule has 0 aliphatic carbocycles. The van der Waals surface area contributed by atoms with Gasteiger partial charge >= 0.3 is 6.03 Å². The molecule has 1 N–H and O–H groups in total. The van der Waals surface area contributed by atoms with Gasteiger partial charge in [-0.05, 0) is 6.92 Å². The second kappa shape index (κ2) is 4.81. The van der Waals surface area contributed by atoms with Crippen molar-refractivity contribution in [3.8, 4) is 0 Å². The second-order valence-electron chi connectivity index (χ2n) is 1.51. The van der Waals surface area contributed by atoms with Crippen LogP contribution in [0.5, 0.6) is 0 Å². The van der Waals surface area contributed by atoms with Crippen molar-refractivity contribution in [3.63, 3.8) is 0 Å². The average Bonchev–Trinajstić information content (AvgIpc) is 1.87. The maximum atomic E-state index is 10.7. The van der Waals surface area contributed by atoms with Crippen molar-refractivity contribution in [1.82, 2.24) is 9.62 Å². The maximum Gasteiger partial charge on any atom is 0.327 e. The van der Waals surface area contributed by atoms with E-state index >= 15 is 0 Å². The molecular formula is C4H10N2OS2. The topological polar surface area (TPSA) is 32.3 Å². The number of rotatable bonds is 2. The van der Waals surface area contributed by atoms with E-state index in [1.165, 1.54) is 0 Å². The zero-order valence-corrected chi connectivity index (χ0v) is 7.13. The first-order chi connectivity index (χ1) is 4.22. The largest absolute Gasteiger partial charge is 0.327 e. The SMILES string of the molecule is CCN(C)C(=O)NSS. The highest BCUT2D eigenvalue weighted by atomic mass is 33.1. The quantitative estimate of drug-likeness (QED) is 0.366. The fourth-order valence-electron chi connectivity index (χ4n) is 0.261. The number of carbonyl (C=O) groups is 1. The number of nitrogens with zero attached hydrogens (tertiary/aromatic N) is 1. The highest BCUT2D eigenvalue weighted by Crippen LogP contribution is 1.98. The fourth-order valence-corrected chi connectivity index (χ4v) is 0.729. The van der Waals surface area contributed by atoms with E-state index in [4.69, 9.17) is 0 Å². The van der Waals surface area contributed by atoms with E-state index in [-0.39, 0.29) is 6.03 Å². The molecule has 0 fully saturated rings. The Hall–Kier alpha value is -0.0300. The Kier molecular flexibility index (Phi) is 4.80. The molecule has 0 unspecified atom stereocenters. The molecule has 54 valence electrons. The zero-order chi connectivity index (χ0) is 7.28. The van der Waals surface area contributed by atoms with Gasteiger partial charge in [0.1, 0.15) is 0 Å². The van der Waals surface area contributed by atoms with E-state index in [2.05, 4.69) is 16.4 Å². The molecule has 0 aromatic carbocycles. The summed E-state index contributed by atoms with van der Waals surface area (Å²) in [6, 6.07) is -0.113. The Bertz CT molecular complexity index is 98.6. The first-order valence-corrected chi connectivity index (χ1v) is 4.40. The van der Waals surface area contributed by atoms with Gasteiger partial charge in [0.2, 0.25) is 0 Å². The lowest BCUT2D eigenvalue weighted by molar-refractivity contribution is 0.218. The van der Waals surface area contributed by atoms with Gasteiger partial charge in [0.25, 0.3) is 0 Å². The molecular weight excluding hydrogens is 156 g/mol. The molecule has 0 radical (unpaired) electrons. The summed E-state index contributed by atoms with van der Waals surface area (Å²) in [6.07, 6.45) is 0. The Morgan fingerprint density at radius 3 is 2.78 bits per heavy atom. The number of amides is 2. The summed E-state index contributed by atoms with van der Waals surface area (Å²) in [5.41, 5.74) is 0. The third-order valence-corrected chi connectivity index (χ3v) is 1.49. The summed E-state index contributed by atoms with van der Waals surface area (Å²) in [5, 5.41) is 0. The smallest absolute Gasteiger partial charge is 0.327 e. The van der Waals surface area contributed by atoms with E-state index in [1.807, 2.05) is 6.92 Å². The highest BCUT2D eigenvalue weighted by molar-refractivity contribution is 8.68. The van der Waals surface area contributed by atoms with Gasteiger partial charge in [-0.25, -0.2) is 4.79 Å². The van der Waals surface area contributed by atoms with Crippen molar-refractivity contribution >= 4 is 28.7 Å². The van der Waals surface area contributed by atoms with Crippen LogP contribution in [-0.2, 0) is 0 Å². The lowest BCUT2D eigenvalue weighted by atomic mass is 10.6. The van der Waals surface area contributed by atoms with Gasteiger partial charge in [0.05, 0.1) is 0 Å². The van der Waals surface area contributed by atoms with Crippen LogP contribution in [0.3, 0.4) is 0 Å². The molecule has 2 amide bonds. The molecule has 5 heteroatoms. The van der Waals surface area contributed by atoms with Crippen LogP contribution in [0.2, 0.25) is 0 Å². The van der Waals surface area contributed by atoms with Crippen LogP contribution >= 0.6 is 22.6 Å². The van der Waals surface area contributed by atoms with Crippen molar-refractivity contribution < 1.29 is 4.79 Å². The molecule has 0 saturated carbocycles. The summed E-state index contributed by atoms with van der Waals surface area (Å²) in [7, 11) is 2.73. The van der Waals surface area contributed by atoms with Crippen molar-refractivity contribution in [2.75, 3.05) is 13.6 Å². The minimum Gasteiger partial charge on any atom is -0.327 e. The zero-order valence-electron chi connectivity index (χ0n) is 5.42. The number of urea groups is 1. The third-order valence-electron chi connectivity index (χ3n) is 0.954. The average molecular weight is 166 g/mol. The molecule has 0 aliphatic rings. The van der Waals surface area contributed by atoms with Crippen LogP contribution in [0.25, 0.3) is 0 Å². The molecule has 3 nitrogen and oxygen atoms in total. The number of thiol groups is 1. The summed E-state index contributed by atoms with van der Waals surface area (Å²) in [5.74, 6) is 0. The standard InChI is InChI=1S/C4H10N2OS2/c1-3-6(2)4(7)5-9-8/h8H,3H2,1-2H3,(H,5,7). The van der Waals surface area contributed by atoms with E-state index in [0.29, 0.717) is 6.54 Å². The van der Waals surface area contributed by atoms with Crippen LogP contribution in [0.1, 0.15) is 6.92 Å². The van der Waals surface area contributed by atoms with Gasteiger partial charge in [-0.1, -0.05) is 11.7 Å². The lowest BCUT2D eigenvalue weighted by Crippen LogP contribution is -2.32. The van der Waals surface area contributed by atoms with Gasteiger partial charge in [0, 0.05) is 24.6 Å². The minimum absolute atomic E-state index is 0.113. The Labute approximate surface area is 64.1 Å². The predicted octanol–water partition coefficient (Wildman–Crippen LogP) is 1.14. The van der Waals surface area contributed by atoms with Crippen molar-refractivity contribution in [1.29, 1.82) is 0 Å². The summed E-state index contributed by atoms with van der Waals surface area (Å²) in [6.45, 7) is 2.61. The monoisotopic (exact) mass is 166 g/mol. The summed E-state index contributed by atoms with van der Waals surface area (Å²) in [4.78, 5) is 12.3. The molecule has 0 aromatic rings. The lowest BCUT2D eigenvalue weighted by Gasteiger charge is -2.12. The van der Waals surface area contributed by atoms with Crippen LogP contribution < -0.4 is 4.72 Å². The molecule has 0 bridgehead atoms. The predicted molar refractivity (Wildman–Crippen MR) is 43.4 cm³/mol. The van der Waals surface area contributed by atoms with Crippen molar-refractivity contribution in [2.24, 2.45) is 0 Å². The number of nitrogens with one attached hydrogen (secondary N) is 1. The van der Waals surface area contributed by atoms with Crippen LogP contribution in [0.4, 0.5) is 4.79 Å². The first-order valence-electron chi connectivity index (χ1n) is 2.53. The minimum atomic E-state index is -0.113. The molecule has 0 saturated heterocycles. The van der Waals surface area contributed by atoms with Gasteiger partial charge in [-0.2, -0.15) is 0 Å². The highest BCUT2D eigenvalue weighted by Gasteiger charge is 2.02. The second-order valence-corrected chi connectivity index (χ2v) is 2.45. The first kappa shape index (κ1) is 8.97.